The van der Waals surface area contributed by atoms with Crippen molar-refractivity contribution in [2.24, 2.45) is 7.05 Å². The number of hydrogen-bond donors (Lipinski definition) is 1. The van der Waals surface area contributed by atoms with Gasteiger partial charge in [0.1, 0.15) is 6.33 Å². The molecule has 2 aromatic heterocycles. The first-order chi connectivity index (χ1) is 8.79. The highest BCUT2D eigenvalue weighted by Crippen LogP contribution is 2.18. The van der Waals surface area contributed by atoms with Gasteiger partial charge in [-0.2, -0.15) is 10.2 Å². The van der Waals surface area contributed by atoms with Gasteiger partial charge < -0.3 is 5.32 Å². The lowest BCUT2D eigenvalue weighted by molar-refractivity contribution is 0.590. The van der Waals surface area contributed by atoms with Crippen LogP contribution in [0, 0.1) is 0 Å². The van der Waals surface area contributed by atoms with E-state index < -0.39 is 0 Å². The van der Waals surface area contributed by atoms with Crippen molar-refractivity contribution in [1.82, 2.24) is 29.9 Å². The summed E-state index contributed by atoms with van der Waals surface area (Å²) in [7, 11) is 1.93. The van der Waals surface area contributed by atoms with Gasteiger partial charge in [-0.1, -0.05) is 0 Å². The molecule has 0 unspecified atom stereocenters. The smallest absolute Gasteiger partial charge is 0.164 e. The lowest BCUT2D eigenvalue weighted by Gasteiger charge is -1.99. The Morgan fingerprint density at radius 2 is 2.33 bits per heavy atom. The van der Waals surface area contributed by atoms with Crippen molar-refractivity contribution >= 4 is 0 Å². The van der Waals surface area contributed by atoms with Crippen molar-refractivity contribution in [3.8, 4) is 0 Å². The summed E-state index contributed by atoms with van der Waals surface area (Å²) in [4.78, 5) is 4.30. The van der Waals surface area contributed by atoms with Gasteiger partial charge in [0.05, 0.1) is 12.7 Å². The van der Waals surface area contributed by atoms with Crippen molar-refractivity contribution in [3.63, 3.8) is 0 Å². The predicted molar refractivity (Wildman–Crippen MR) is 66.8 cm³/mol. The van der Waals surface area contributed by atoms with Gasteiger partial charge in [-0.25, -0.2) is 4.98 Å². The van der Waals surface area contributed by atoms with E-state index >= 15 is 0 Å². The van der Waals surface area contributed by atoms with Crippen molar-refractivity contribution < 1.29 is 0 Å². The third-order valence-corrected chi connectivity index (χ3v) is 3.10. The summed E-state index contributed by atoms with van der Waals surface area (Å²) in [6.45, 7) is 1.63. The summed E-state index contributed by atoms with van der Waals surface area (Å²) in [5.74, 6) is 0.882. The second kappa shape index (κ2) is 4.89. The monoisotopic (exact) mass is 246 g/mol. The van der Waals surface area contributed by atoms with E-state index in [1.807, 2.05) is 28.8 Å². The molecule has 0 radical (unpaired) electrons. The zero-order valence-electron chi connectivity index (χ0n) is 10.6. The molecule has 0 saturated heterocycles. The summed E-state index contributed by atoms with van der Waals surface area (Å²) in [5, 5.41) is 12.0. The lowest BCUT2D eigenvalue weighted by atomic mass is 10.2. The van der Waals surface area contributed by atoms with E-state index in [-0.39, 0.29) is 0 Å². The van der Waals surface area contributed by atoms with Gasteiger partial charge >= 0.3 is 0 Å². The normalized spacial score (nSPS) is 15.2. The summed E-state index contributed by atoms with van der Waals surface area (Å²) in [5.41, 5.74) is 1.23. The minimum Gasteiger partial charge on any atom is -0.307 e. The maximum atomic E-state index is 4.45. The highest BCUT2D eigenvalue weighted by Gasteiger charge is 2.20. The van der Waals surface area contributed by atoms with Crippen LogP contribution in [-0.4, -0.2) is 30.6 Å². The van der Waals surface area contributed by atoms with Crippen LogP contribution in [0.25, 0.3) is 0 Å². The van der Waals surface area contributed by atoms with E-state index in [1.165, 1.54) is 18.4 Å². The van der Waals surface area contributed by atoms with E-state index in [0.29, 0.717) is 6.04 Å². The summed E-state index contributed by atoms with van der Waals surface area (Å²) in [6, 6.07) is 0.701. The van der Waals surface area contributed by atoms with Crippen LogP contribution in [0.15, 0.2) is 18.7 Å². The molecule has 6 nitrogen and oxygen atoms in total. The van der Waals surface area contributed by atoms with E-state index in [9.17, 15) is 0 Å². The molecule has 6 heteroatoms. The summed E-state index contributed by atoms with van der Waals surface area (Å²) in [6.07, 6.45) is 9.26. The Balaban J connectivity index is 1.49. The molecule has 1 aliphatic rings. The number of aromatic nitrogens is 5. The van der Waals surface area contributed by atoms with Crippen LogP contribution in [0.3, 0.4) is 0 Å². The van der Waals surface area contributed by atoms with Gasteiger partial charge in [-0.15, -0.1) is 0 Å². The van der Waals surface area contributed by atoms with Crippen LogP contribution in [0.4, 0.5) is 0 Å². The van der Waals surface area contributed by atoms with Gasteiger partial charge in [-0.3, -0.25) is 9.36 Å². The molecule has 2 heterocycles. The first-order valence-corrected chi connectivity index (χ1v) is 6.39. The van der Waals surface area contributed by atoms with Gasteiger partial charge in [0, 0.05) is 25.8 Å². The molecule has 1 N–H and O–H groups in total. The summed E-state index contributed by atoms with van der Waals surface area (Å²) < 4.78 is 3.72. The largest absolute Gasteiger partial charge is 0.307 e. The molecular formula is C12H18N6. The molecule has 1 fully saturated rings. The van der Waals surface area contributed by atoms with E-state index in [4.69, 9.17) is 0 Å². The Kier molecular flexibility index (Phi) is 3.10. The average molecular weight is 246 g/mol. The average Bonchev–Trinajstić information content (AvgIpc) is 2.93. The van der Waals surface area contributed by atoms with Crippen molar-refractivity contribution in [3.05, 3.63) is 30.1 Å². The van der Waals surface area contributed by atoms with Gasteiger partial charge in [-0.05, 0) is 24.8 Å². The van der Waals surface area contributed by atoms with E-state index in [2.05, 4.69) is 20.5 Å². The third kappa shape index (κ3) is 2.95. The highest BCUT2D eigenvalue weighted by molar-refractivity contribution is 5.03. The first kappa shape index (κ1) is 11.4. The second-order valence-corrected chi connectivity index (χ2v) is 4.85. The molecule has 2 aromatic rings. The highest BCUT2D eigenvalue weighted by atomic mass is 15.3. The molecule has 1 saturated carbocycles. The maximum absolute atomic E-state index is 4.45. The topological polar surface area (TPSA) is 60.6 Å². The zero-order valence-corrected chi connectivity index (χ0v) is 10.6. The summed E-state index contributed by atoms with van der Waals surface area (Å²) >= 11 is 0. The van der Waals surface area contributed by atoms with Crippen LogP contribution < -0.4 is 5.32 Å². The van der Waals surface area contributed by atoms with Crippen molar-refractivity contribution in [2.75, 3.05) is 0 Å². The van der Waals surface area contributed by atoms with E-state index in [0.717, 1.165) is 25.3 Å². The number of hydrogen-bond acceptors (Lipinski definition) is 4. The predicted octanol–water partition coefficient (Wildman–Crippen LogP) is 0.506. The minimum absolute atomic E-state index is 0.701. The molecule has 18 heavy (non-hydrogen) atoms. The van der Waals surface area contributed by atoms with E-state index in [1.54, 1.807) is 6.33 Å². The lowest BCUT2D eigenvalue weighted by Crippen LogP contribution is -2.16. The molecule has 0 aromatic carbocycles. The Labute approximate surface area is 106 Å². The number of nitrogens with one attached hydrogen (secondary N) is 1. The number of aryl methyl sites for hydroxylation is 3. The van der Waals surface area contributed by atoms with Crippen LogP contribution >= 0.6 is 0 Å². The number of nitrogens with zero attached hydrogens (tertiary/aromatic N) is 5. The van der Waals surface area contributed by atoms with Crippen molar-refractivity contribution in [2.45, 2.75) is 38.4 Å². The Hall–Kier alpha value is -1.69. The van der Waals surface area contributed by atoms with Gasteiger partial charge in [0.25, 0.3) is 0 Å². The molecule has 0 amide bonds. The van der Waals surface area contributed by atoms with Crippen LogP contribution in [0.1, 0.15) is 24.2 Å². The molecule has 96 valence electrons. The minimum atomic E-state index is 0.701. The van der Waals surface area contributed by atoms with Gasteiger partial charge in [0.2, 0.25) is 0 Å². The fourth-order valence-corrected chi connectivity index (χ4v) is 1.89. The molecule has 0 atom stereocenters. The molecule has 3 rings (SSSR count). The Morgan fingerprint density at radius 1 is 1.44 bits per heavy atom. The Morgan fingerprint density at radius 3 is 3.06 bits per heavy atom. The SMILES string of the molecule is Cn1cc(CCn2cnc(CNC3CC3)n2)cn1. The van der Waals surface area contributed by atoms with Crippen LogP contribution in [0.5, 0.6) is 0 Å². The van der Waals surface area contributed by atoms with Crippen LogP contribution in [-0.2, 0) is 26.6 Å². The zero-order chi connectivity index (χ0) is 12.4. The first-order valence-electron chi connectivity index (χ1n) is 6.39. The molecular weight excluding hydrogens is 228 g/mol. The molecule has 0 spiro atoms. The molecule has 0 bridgehead atoms. The fraction of sp³-hybridized carbons (Fsp3) is 0.583. The van der Waals surface area contributed by atoms with Gasteiger partial charge in [0.15, 0.2) is 5.82 Å². The quantitative estimate of drug-likeness (QED) is 0.806. The number of rotatable bonds is 6. The second-order valence-electron chi connectivity index (χ2n) is 4.85. The fourth-order valence-electron chi connectivity index (χ4n) is 1.89. The third-order valence-electron chi connectivity index (χ3n) is 3.10. The molecule has 0 aliphatic heterocycles. The maximum Gasteiger partial charge on any atom is 0.164 e. The Bertz CT molecular complexity index is 510. The van der Waals surface area contributed by atoms with Crippen molar-refractivity contribution in [1.29, 1.82) is 0 Å². The molecule has 1 aliphatic carbocycles. The van der Waals surface area contributed by atoms with Crippen LogP contribution in [0.2, 0.25) is 0 Å². The standard InChI is InChI=1S/C12H18N6/c1-17-8-10(6-15-17)4-5-18-9-14-12(16-18)7-13-11-2-3-11/h6,8-9,11,13H,2-5,7H2,1H3.